The number of carbonyl (C=O) groups excluding carboxylic acids is 1. The van der Waals surface area contributed by atoms with Crippen molar-refractivity contribution in [1.82, 2.24) is 10.3 Å². The van der Waals surface area contributed by atoms with E-state index in [1.165, 1.54) is 0 Å². The molecular formula is C25H28N4O3S. The van der Waals surface area contributed by atoms with Crippen LogP contribution in [0.5, 0.6) is 5.75 Å². The lowest BCUT2D eigenvalue weighted by Gasteiger charge is -2.27. The Morgan fingerprint density at radius 3 is 2.61 bits per heavy atom. The standard InChI is InChI=1S/C25H28N4O3S/c1-15-9-12-19(32-15)22-21(18-8-6-7-13-26-18)28-24(33)29(22)16-10-11-17(20(14-16)31-5)27-23(30)25(2,3)4/h6-14,21-22H,1-5H3,(H,27,30)(H,28,33)/t21-,22-/m1/s1. The van der Waals surface area contributed by atoms with E-state index in [9.17, 15) is 4.79 Å². The number of hydrogen-bond donors (Lipinski definition) is 2. The van der Waals surface area contributed by atoms with Crippen LogP contribution in [0.2, 0.25) is 0 Å². The van der Waals surface area contributed by atoms with E-state index in [1.54, 1.807) is 13.3 Å². The van der Waals surface area contributed by atoms with Crippen LogP contribution in [0.25, 0.3) is 0 Å². The highest BCUT2D eigenvalue weighted by Crippen LogP contribution is 2.43. The molecule has 8 heteroatoms. The SMILES string of the molecule is COc1cc(N2C(=S)N[C@H](c3ccccn3)[C@H]2c2ccc(C)o2)ccc1NC(=O)C(C)(C)C. The smallest absolute Gasteiger partial charge is 0.229 e. The minimum atomic E-state index is -0.526. The molecular weight excluding hydrogens is 436 g/mol. The maximum Gasteiger partial charge on any atom is 0.229 e. The lowest BCUT2D eigenvalue weighted by molar-refractivity contribution is -0.123. The number of rotatable bonds is 5. The number of pyridine rings is 1. The zero-order valence-electron chi connectivity index (χ0n) is 19.4. The van der Waals surface area contributed by atoms with Gasteiger partial charge in [0.1, 0.15) is 23.3 Å². The highest BCUT2D eigenvalue weighted by Gasteiger charge is 2.42. The Labute approximate surface area is 199 Å². The Bertz CT molecular complexity index is 1170. The fraction of sp³-hybridized carbons (Fsp3) is 0.320. The first kappa shape index (κ1) is 22.8. The van der Waals surface area contributed by atoms with Crippen molar-refractivity contribution in [3.05, 3.63) is 71.9 Å². The third kappa shape index (κ3) is 4.57. The summed E-state index contributed by atoms with van der Waals surface area (Å²) in [5.74, 6) is 2.05. The van der Waals surface area contributed by atoms with E-state index in [-0.39, 0.29) is 18.0 Å². The van der Waals surface area contributed by atoms with Crippen LogP contribution in [0.1, 0.15) is 50.1 Å². The van der Waals surface area contributed by atoms with Gasteiger partial charge in [-0.15, -0.1) is 0 Å². The summed E-state index contributed by atoms with van der Waals surface area (Å²) in [7, 11) is 1.58. The maximum absolute atomic E-state index is 12.5. The molecule has 172 valence electrons. The average molecular weight is 465 g/mol. The predicted molar refractivity (Wildman–Crippen MR) is 132 cm³/mol. The molecule has 3 aromatic rings. The van der Waals surface area contributed by atoms with Crippen molar-refractivity contribution in [2.45, 2.75) is 39.8 Å². The number of benzene rings is 1. The van der Waals surface area contributed by atoms with Gasteiger partial charge in [0, 0.05) is 23.4 Å². The van der Waals surface area contributed by atoms with E-state index in [2.05, 4.69) is 15.6 Å². The Balaban J connectivity index is 1.74. The van der Waals surface area contributed by atoms with E-state index in [4.69, 9.17) is 21.4 Å². The topological polar surface area (TPSA) is 79.6 Å². The zero-order valence-corrected chi connectivity index (χ0v) is 20.2. The largest absolute Gasteiger partial charge is 0.494 e. The molecule has 4 rings (SSSR count). The fourth-order valence-electron chi connectivity index (χ4n) is 3.78. The number of nitrogens with one attached hydrogen (secondary N) is 2. The van der Waals surface area contributed by atoms with Gasteiger partial charge >= 0.3 is 0 Å². The molecule has 2 atom stereocenters. The van der Waals surface area contributed by atoms with Crippen molar-refractivity contribution in [2.75, 3.05) is 17.3 Å². The highest BCUT2D eigenvalue weighted by atomic mass is 32.1. The van der Waals surface area contributed by atoms with Crippen LogP contribution in [0.3, 0.4) is 0 Å². The number of amides is 1. The monoisotopic (exact) mass is 464 g/mol. The Morgan fingerprint density at radius 2 is 2.00 bits per heavy atom. The molecule has 7 nitrogen and oxygen atoms in total. The van der Waals surface area contributed by atoms with Crippen LogP contribution in [0.15, 0.2) is 59.1 Å². The van der Waals surface area contributed by atoms with Gasteiger partial charge in [0.05, 0.1) is 24.5 Å². The molecule has 2 N–H and O–H groups in total. The number of anilines is 2. The van der Waals surface area contributed by atoms with Gasteiger partial charge in [-0.2, -0.15) is 0 Å². The first-order valence-electron chi connectivity index (χ1n) is 10.8. The Morgan fingerprint density at radius 1 is 1.21 bits per heavy atom. The molecule has 0 aliphatic carbocycles. The van der Waals surface area contributed by atoms with Gasteiger partial charge in [0.25, 0.3) is 0 Å². The zero-order chi connectivity index (χ0) is 23.8. The van der Waals surface area contributed by atoms with Crippen LogP contribution in [-0.2, 0) is 4.79 Å². The summed E-state index contributed by atoms with van der Waals surface area (Å²) in [6.07, 6.45) is 1.77. The number of aromatic nitrogens is 1. The van der Waals surface area contributed by atoms with Crippen molar-refractivity contribution < 1.29 is 13.9 Å². The van der Waals surface area contributed by atoms with E-state index in [0.29, 0.717) is 16.5 Å². The van der Waals surface area contributed by atoms with Crippen LogP contribution in [0, 0.1) is 12.3 Å². The summed E-state index contributed by atoms with van der Waals surface area (Å²) in [6, 6.07) is 14.9. The normalized spacial score (nSPS) is 18.2. The minimum Gasteiger partial charge on any atom is -0.494 e. The lowest BCUT2D eigenvalue weighted by Crippen LogP contribution is -2.30. The molecule has 1 saturated heterocycles. The summed E-state index contributed by atoms with van der Waals surface area (Å²) in [5.41, 5.74) is 1.76. The van der Waals surface area contributed by atoms with E-state index in [0.717, 1.165) is 22.9 Å². The van der Waals surface area contributed by atoms with Gasteiger partial charge in [-0.25, -0.2) is 0 Å². The van der Waals surface area contributed by atoms with Crippen molar-refractivity contribution in [3.8, 4) is 5.75 Å². The second-order valence-electron chi connectivity index (χ2n) is 9.03. The lowest BCUT2D eigenvalue weighted by atomic mass is 9.95. The summed E-state index contributed by atoms with van der Waals surface area (Å²) in [5, 5.41) is 6.91. The van der Waals surface area contributed by atoms with E-state index < -0.39 is 5.41 Å². The molecule has 33 heavy (non-hydrogen) atoms. The van der Waals surface area contributed by atoms with Gasteiger partial charge in [-0.3, -0.25) is 9.78 Å². The number of furan rings is 1. The van der Waals surface area contributed by atoms with E-state index in [1.807, 2.05) is 81.1 Å². The predicted octanol–water partition coefficient (Wildman–Crippen LogP) is 5.15. The third-order valence-corrected chi connectivity index (χ3v) is 5.86. The van der Waals surface area contributed by atoms with Crippen molar-refractivity contribution >= 4 is 34.6 Å². The van der Waals surface area contributed by atoms with Crippen LogP contribution < -0.4 is 20.3 Å². The van der Waals surface area contributed by atoms with Crippen LogP contribution in [-0.4, -0.2) is 23.1 Å². The molecule has 1 aliphatic heterocycles. The van der Waals surface area contributed by atoms with Gasteiger partial charge in [-0.1, -0.05) is 26.8 Å². The summed E-state index contributed by atoms with van der Waals surface area (Å²) in [4.78, 5) is 19.1. The number of aryl methyl sites for hydroxylation is 1. The molecule has 0 bridgehead atoms. The minimum absolute atomic E-state index is 0.0916. The third-order valence-electron chi connectivity index (χ3n) is 5.54. The maximum atomic E-state index is 12.5. The number of hydrogen-bond acceptors (Lipinski definition) is 5. The number of carbonyl (C=O) groups is 1. The Kier molecular flexibility index (Phi) is 6.12. The molecule has 1 fully saturated rings. The van der Waals surface area contributed by atoms with Gasteiger partial charge in [-0.05, 0) is 55.5 Å². The number of methoxy groups -OCH3 is 1. The molecule has 2 aromatic heterocycles. The summed E-state index contributed by atoms with van der Waals surface area (Å²) < 4.78 is 11.6. The molecule has 0 unspecified atom stereocenters. The summed E-state index contributed by atoms with van der Waals surface area (Å²) >= 11 is 5.75. The second kappa shape index (κ2) is 8.86. The average Bonchev–Trinajstić information content (AvgIpc) is 3.36. The molecule has 1 aliphatic rings. The number of thiocarbonyl (C=S) groups is 1. The second-order valence-corrected chi connectivity index (χ2v) is 9.42. The van der Waals surface area contributed by atoms with E-state index >= 15 is 0 Å². The van der Waals surface area contributed by atoms with Gasteiger partial charge in [0.15, 0.2) is 5.11 Å². The van der Waals surface area contributed by atoms with Crippen LogP contribution >= 0.6 is 12.2 Å². The first-order chi connectivity index (χ1) is 15.7. The molecule has 1 aromatic carbocycles. The molecule has 0 radical (unpaired) electrons. The van der Waals surface area contributed by atoms with Crippen molar-refractivity contribution in [3.63, 3.8) is 0 Å². The number of nitrogens with zero attached hydrogens (tertiary/aromatic N) is 2. The molecule has 1 amide bonds. The quantitative estimate of drug-likeness (QED) is 0.505. The van der Waals surface area contributed by atoms with Crippen molar-refractivity contribution in [2.24, 2.45) is 5.41 Å². The highest BCUT2D eigenvalue weighted by molar-refractivity contribution is 7.80. The van der Waals surface area contributed by atoms with Gasteiger partial charge in [0.2, 0.25) is 5.91 Å². The van der Waals surface area contributed by atoms with Crippen LogP contribution in [0.4, 0.5) is 11.4 Å². The van der Waals surface area contributed by atoms with Gasteiger partial charge < -0.3 is 24.7 Å². The molecule has 0 spiro atoms. The summed E-state index contributed by atoms with van der Waals surface area (Å²) in [6.45, 7) is 7.52. The number of ether oxygens (including phenoxy) is 1. The molecule has 0 saturated carbocycles. The first-order valence-corrected chi connectivity index (χ1v) is 11.2. The fourth-order valence-corrected chi connectivity index (χ4v) is 4.12. The Hall–Kier alpha value is -3.39. The van der Waals surface area contributed by atoms with Crippen molar-refractivity contribution in [1.29, 1.82) is 0 Å². The molecule has 3 heterocycles.